The molecule has 0 saturated heterocycles. The van der Waals surface area contributed by atoms with Crippen molar-refractivity contribution in [3.63, 3.8) is 0 Å². The number of amides is 1. The number of carbonyl (C=O) groups excluding carboxylic acids is 1. The zero-order chi connectivity index (χ0) is 22.3. The molecule has 0 bridgehead atoms. The molecule has 7 nitrogen and oxygen atoms in total. The molecule has 9 heteroatoms. The Labute approximate surface area is 188 Å². The van der Waals surface area contributed by atoms with E-state index in [0.29, 0.717) is 22.3 Å². The van der Waals surface area contributed by atoms with Gasteiger partial charge in [-0.15, -0.1) is 10.2 Å². The Balaban J connectivity index is 1.41. The first-order valence-electron chi connectivity index (χ1n) is 9.62. The number of ether oxygens (including phenoxy) is 2. The quantitative estimate of drug-likeness (QED) is 0.383. The normalized spacial score (nSPS) is 10.6. The minimum atomic E-state index is -0.401. The topological polar surface area (TPSA) is 78.3 Å². The van der Waals surface area contributed by atoms with E-state index >= 15 is 0 Å². The van der Waals surface area contributed by atoms with Crippen molar-refractivity contribution >= 4 is 23.4 Å². The summed E-state index contributed by atoms with van der Waals surface area (Å²) in [6, 6.07) is 20.2. The number of carbonyl (C=O) groups is 1. The van der Waals surface area contributed by atoms with Gasteiger partial charge in [0.15, 0.2) is 10.9 Å². The fourth-order valence-corrected chi connectivity index (χ4v) is 3.60. The highest BCUT2D eigenvalue weighted by Crippen LogP contribution is 2.30. The van der Waals surface area contributed by atoms with Gasteiger partial charge in [0.25, 0.3) is 0 Å². The summed E-state index contributed by atoms with van der Waals surface area (Å²) in [5.41, 5.74) is 1.34. The van der Waals surface area contributed by atoms with E-state index in [1.807, 2.05) is 24.3 Å². The lowest BCUT2D eigenvalue weighted by atomic mass is 10.3. The second-order valence-corrected chi connectivity index (χ2v) is 7.52. The van der Waals surface area contributed by atoms with Crippen LogP contribution in [0.25, 0.3) is 5.69 Å². The third kappa shape index (κ3) is 5.25. The number of aromatic nitrogens is 3. The summed E-state index contributed by atoms with van der Waals surface area (Å²) >= 11 is 1.25. The first kappa shape index (κ1) is 21.4. The molecule has 0 radical (unpaired) electrons. The summed E-state index contributed by atoms with van der Waals surface area (Å²) in [6.45, 7) is 0. The van der Waals surface area contributed by atoms with E-state index in [4.69, 9.17) is 9.47 Å². The van der Waals surface area contributed by atoms with Crippen molar-refractivity contribution in [1.29, 1.82) is 0 Å². The number of para-hydroxylation sites is 2. The van der Waals surface area contributed by atoms with Gasteiger partial charge in [-0.25, -0.2) is 4.39 Å². The van der Waals surface area contributed by atoms with Crippen LogP contribution in [0.5, 0.6) is 17.2 Å². The van der Waals surface area contributed by atoms with Crippen LogP contribution in [0.15, 0.2) is 84.3 Å². The summed E-state index contributed by atoms with van der Waals surface area (Å²) in [5, 5.41) is 11.5. The first-order valence-corrected chi connectivity index (χ1v) is 10.6. The molecule has 4 aromatic rings. The van der Waals surface area contributed by atoms with E-state index in [0.717, 1.165) is 11.4 Å². The Morgan fingerprint density at radius 2 is 1.88 bits per heavy atom. The monoisotopic (exact) mass is 450 g/mol. The Kier molecular flexibility index (Phi) is 6.66. The zero-order valence-electron chi connectivity index (χ0n) is 17.1. The smallest absolute Gasteiger partial charge is 0.234 e. The van der Waals surface area contributed by atoms with Crippen molar-refractivity contribution in [1.82, 2.24) is 14.8 Å². The molecule has 4 rings (SSSR count). The highest BCUT2D eigenvalue weighted by Gasteiger charge is 2.13. The molecule has 0 aliphatic heterocycles. The highest BCUT2D eigenvalue weighted by molar-refractivity contribution is 7.99. The molecule has 0 aliphatic rings. The number of anilines is 1. The van der Waals surface area contributed by atoms with E-state index in [2.05, 4.69) is 15.5 Å². The first-order chi connectivity index (χ1) is 15.6. The third-order valence-corrected chi connectivity index (χ3v) is 5.33. The molecule has 0 spiro atoms. The van der Waals surface area contributed by atoms with E-state index < -0.39 is 5.82 Å². The fraction of sp³-hybridized carbons (Fsp3) is 0.0870. The number of nitrogens with zero attached hydrogens (tertiary/aromatic N) is 3. The maximum Gasteiger partial charge on any atom is 0.234 e. The number of methoxy groups -OCH3 is 1. The van der Waals surface area contributed by atoms with Crippen LogP contribution < -0.4 is 14.8 Å². The van der Waals surface area contributed by atoms with Gasteiger partial charge < -0.3 is 14.8 Å². The van der Waals surface area contributed by atoms with Crippen molar-refractivity contribution < 1.29 is 18.7 Å². The highest BCUT2D eigenvalue weighted by atomic mass is 32.2. The van der Waals surface area contributed by atoms with E-state index in [1.54, 1.807) is 54.4 Å². The van der Waals surface area contributed by atoms with Crippen molar-refractivity contribution in [3.05, 3.63) is 84.9 Å². The average molecular weight is 450 g/mol. The van der Waals surface area contributed by atoms with Crippen LogP contribution in [-0.2, 0) is 4.79 Å². The molecule has 0 aliphatic carbocycles. The second-order valence-electron chi connectivity index (χ2n) is 6.57. The van der Waals surface area contributed by atoms with Gasteiger partial charge in [-0.1, -0.05) is 30.0 Å². The van der Waals surface area contributed by atoms with Gasteiger partial charge in [0.1, 0.15) is 23.6 Å². The van der Waals surface area contributed by atoms with Crippen LogP contribution in [0, 0.1) is 5.82 Å². The van der Waals surface area contributed by atoms with Gasteiger partial charge >= 0.3 is 0 Å². The van der Waals surface area contributed by atoms with Crippen LogP contribution in [0.1, 0.15) is 0 Å². The number of hydrogen-bond acceptors (Lipinski definition) is 6. The number of halogens is 1. The van der Waals surface area contributed by atoms with Gasteiger partial charge in [0.2, 0.25) is 5.91 Å². The summed E-state index contributed by atoms with van der Waals surface area (Å²) in [6.07, 6.45) is 1.59. The summed E-state index contributed by atoms with van der Waals surface area (Å²) in [7, 11) is 1.61. The predicted molar refractivity (Wildman–Crippen MR) is 120 cm³/mol. The van der Waals surface area contributed by atoms with Crippen molar-refractivity contribution in [3.8, 4) is 22.9 Å². The largest absolute Gasteiger partial charge is 0.497 e. The Morgan fingerprint density at radius 1 is 1.06 bits per heavy atom. The second kappa shape index (κ2) is 9.97. The van der Waals surface area contributed by atoms with Crippen molar-refractivity contribution in [2.75, 3.05) is 18.2 Å². The van der Waals surface area contributed by atoms with Gasteiger partial charge in [-0.2, -0.15) is 0 Å². The van der Waals surface area contributed by atoms with E-state index in [9.17, 15) is 9.18 Å². The Bertz CT molecular complexity index is 1210. The number of rotatable bonds is 8. The molecule has 0 atom stereocenters. The van der Waals surface area contributed by atoms with Crippen molar-refractivity contribution in [2.45, 2.75) is 5.16 Å². The number of benzene rings is 3. The lowest BCUT2D eigenvalue weighted by Crippen LogP contribution is -2.15. The molecular weight excluding hydrogens is 431 g/mol. The van der Waals surface area contributed by atoms with E-state index in [-0.39, 0.29) is 11.7 Å². The predicted octanol–water partition coefficient (Wildman–Crippen LogP) is 4.94. The summed E-state index contributed by atoms with van der Waals surface area (Å²) in [5.74, 6) is 0.973. The molecule has 162 valence electrons. The van der Waals surface area contributed by atoms with Crippen LogP contribution in [0.3, 0.4) is 0 Å². The number of thioether (sulfide) groups is 1. The molecule has 0 fully saturated rings. The van der Waals surface area contributed by atoms with Crippen molar-refractivity contribution in [2.24, 2.45) is 0 Å². The SMILES string of the molecule is COc1ccc(-n2cnnc2SCC(=O)Nc2ccccc2Oc2cccc(F)c2)cc1. The van der Waals surface area contributed by atoms with Crippen LogP contribution in [0.2, 0.25) is 0 Å². The minimum Gasteiger partial charge on any atom is -0.497 e. The fourth-order valence-electron chi connectivity index (χ4n) is 2.88. The van der Waals surface area contributed by atoms with Crippen LogP contribution in [-0.4, -0.2) is 33.5 Å². The van der Waals surface area contributed by atoms with Gasteiger partial charge in [-0.05, 0) is 48.5 Å². The molecular formula is C23H19FN4O3S. The van der Waals surface area contributed by atoms with Gasteiger partial charge in [0.05, 0.1) is 18.6 Å². The lowest BCUT2D eigenvalue weighted by Gasteiger charge is -2.12. The number of hydrogen-bond donors (Lipinski definition) is 1. The molecule has 0 unspecified atom stereocenters. The summed E-state index contributed by atoms with van der Waals surface area (Å²) < 4.78 is 26.1. The molecule has 1 amide bonds. The molecule has 1 N–H and O–H groups in total. The molecule has 3 aromatic carbocycles. The average Bonchev–Trinajstić information content (AvgIpc) is 3.28. The number of nitrogens with one attached hydrogen (secondary N) is 1. The zero-order valence-corrected chi connectivity index (χ0v) is 17.9. The maximum atomic E-state index is 13.4. The Morgan fingerprint density at radius 3 is 2.66 bits per heavy atom. The third-order valence-electron chi connectivity index (χ3n) is 4.38. The molecule has 32 heavy (non-hydrogen) atoms. The molecule has 1 heterocycles. The molecule has 1 aromatic heterocycles. The summed E-state index contributed by atoms with van der Waals surface area (Å²) in [4.78, 5) is 12.6. The standard InChI is InChI=1S/C23H19FN4O3S/c1-30-18-11-9-17(10-12-18)28-15-25-27-23(28)32-14-22(29)26-20-7-2-3-8-21(20)31-19-6-4-5-16(24)13-19/h2-13,15H,14H2,1H3,(H,26,29). The maximum absolute atomic E-state index is 13.4. The van der Waals surface area contributed by atoms with E-state index in [1.165, 1.54) is 23.9 Å². The minimum absolute atomic E-state index is 0.114. The van der Waals surface area contributed by atoms with Gasteiger partial charge in [0, 0.05) is 11.8 Å². The van der Waals surface area contributed by atoms with Crippen LogP contribution >= 0.6 is 11.8 Å². The van der Waals surface area contributed by atoms with Crippen LogP contribution in [0.4, 0.5) is 10.1 Å². The van der Waals surface area contributed by atoms with Gasteiger partial charge in [-0.3, -0.25) is 9.36 Å². The molecule has 0 saturated carbocycles. The Hall–Kier alpha value is -3.85. The lowest BCUT2D eigenvalue weighted by molar-refractivity contribution is -0.113.